The Labute approximate surface area is 122 Å². The zero-order valence-corrected chi connectivity index (χ0v) is 12.4. The molecule has 1 aromatic carbocycles. The SMILES string of the molecule is CCOC(=O)[C@@H]1COC(=O)N1S(=O)(=O)c1ccc(C)cc1. The Balaban J connectivity index is 2.38. The van der Waals surface area contributed by atoms with Gasteiger partial charge in [0.05, 0.1) is 11.5 Å². The standard InChI is InChI=1S/C13H15NO6S/c1-3-19-12(15)11-8-20-13(16)14(11)21(17,18)10-6-4-9(2)5-7-10/h4-7,11H,3,8H2,1-2H3/t11-/m0/s1. The molecule has 0 saturated carbocycles. The van der Waals surface area contributed by atoms with Gasteiger partial charge < -0.3 is 9.47 Å². The third-order valence-corrected chi connectivity index (χ3v) is 4.75. The van der Waals surface area contributed by atoms with E-state index in [4.69, 9.17) is 4.74 Å². The topological polar surface area (TPSA) is 90.0 Å². The van der Waals surface area contributed by atoms with E-state index in [0.29, 0.717) is 4.31 Å². The molecule has 1 amide bonds. The van der Waals surface area contributed by atoms with Gasteiger partial charge in [-0.15, -0.1) is 0 Å². The molecule has 114 valence electrons. The van der Waals surface area contributed by atoms with Crippen molar-refractivity contribution in [3.63, 3.8) is 0 Å². The van der Waals surface area contributed by atoms with Gasteiger partial charge in [0.15, 0.2) is 6.04 Å². The minimum Gasteiger partial charge on any atom is -0.464 e. The van der Waals surface area contributed by atoms with E-state index in [-0.39, 0.29) is 18.1 Å². The molecule has 1 aromatic rings. The predicted molar refractivity (Wildman–Crippen MR) is 72.0 cm³/mol. The monoisotopic (exact) mass is 313 g/mol. The number of benzene rings is 1. The lowest BCUT2D eigenvalue weighted by Gasteiger charge is -2.19. The number of sulfonamides is 1. The molecule has 0 unspecified atom stereocenters. The lowest BCUT2D eigenvalue weighted by atomic mass is 10.2. The van der Waals surface area contributed by atoms with E-state index < -0.39 is 28.1 Å². The van der Waals surface area contributed by atoms with Gasteiger partial charge in [0.1, 0.15) is 6.61 Å². The highest BCUT2D eigenvalue weighted by Crippen LogP contribution is 2.24. The van der Waals surface area contributed by atoms with Gasteiger partial charge in [-0.25, -0.2) is 18.0 Å². The number of aryl methyl sites for hydroxylation is 1. The van der Waals surface area contributed by atoms with Crippen molar-refractivity contribution >= 4 is 22.1 Å². The Morgan fingerprint density at radius 2 is 2.00 bits per heavy atom. The van der Waals surface area contributed by atoms with Gasteiger partial charge in [-0.1, -0.05) is 17.7 Å². The summed E-state index contributed by atoms with van der Waals surface area (Å²) >= 11 is 0. The van der Waals surface area contributed by atoms with E-state index in [0.717, 1.165) is 5.56 Å². The van der Waals surface area contributed by atoms with Crippen molar-refractivity contribution in [2.45, 2.75) is 24.8 Å². The third-order valence-electron chi connectivity index (χ3n) is 2.96. The summed E-state index contributed by atoms with van der Waals surface area (Å²) in [6.45, 7) is 3.14. The molecule has 1 aliphatic rings. The maximum atomic E-state index is 12.5. The fourth-order valence-electron chi connectivity index (χ4n) is 1.90. The molecule has 1 saturated heterocycles. The average Bonchev–Trinajstić information content (AvgIpc) is 2.82. The summed E-state index contributed by atoms with van der Waals surface area (Å²) in [7, 11) is -4.16. The van der Waals surface area contributed by atoms with Crippen LogP contribution in [0.1, 0.15) is 12.5 Å². The van der Waals surface area contributed by atoms with Crippen molar-refractivity contribution in [1.29, 1.82) is 0 Å². The van der Waals surface area contributed by atoms with Crippen LogP contribution < -0.4 is 0 Å². The van der Waals surface area contributed by atoms with Crippen LogP contribution in [0, 0.1) is 6.92 Å². The lowest BCUT2D eigenvalue weighted by molar-refractivity contribution is -0.146. The summed E-state index contributed by atoms with van der Waals surface area (Å²) in [5.74, 6) is -0.806. The summed E-state index contributed by atoms with van der Waals surface area (Å²) in [5.41, 5.74) is 0.875. The molecule has 21 heavy (non-hydrogen) atoms. The molecule has 1 fully saturated rings. The number of carbonyl (C=O) groups excluding carboxylic acids is 2. The predicted octanol–water partition coefficient (Wildman–Crippen LogP) is 1.07. The van der Waals surface area contributed by atoms with E-state index >= 15 is 0 Å². The van der Waals surface area contributed by atoms with Crippen LogP contribution >= 0.6 is 0 Å². The highest BCUT2D eigenvalue weighted by Gasteiger charge is 2.47. The number of esters is 1. The van der Waals surface area contributed by atoms with Gasteiger partial charge in [-0.2, -0.15) is 4.31 Å². The van der Waals surface area contributed by atoms with Crippen LogP contribution in [0.2, 0.25) is 0 Å². The number of rotatable bonds is 4. The van der Waals surface area contributed by atoms with Crippen molar-refractivity contribution in [3.8, 4) is 0 Å². The van der Waals surface area contributed by atoms with Gasteiger partial charge in [0.2, 0.25) is 0 Å². The molecular formula is C13H15NO6S. The highest BCUT2D eigenvalue weighted by molar-refractivity contribution is 7.89. The molecule has 0 aromatic heterocycles. The molecule has 0 radical (unpaired) electrons. The number of ether oxygens (including phenoxy) is 2. The Hall–Kier alpha value is -2.09. The molecule has 1 atom stereocenters. The van der Waals surface area contributed by atoms with Crippen molar-refractivity contribution in [1.82, 2.24) is 4.31 Å². The number of carbonyl (C=O) groups is 2. The fourth-order valence-corrected chi connectivity index (χ4v) is 3.34. The van der Waals surface area contributed by atoms with Gasteiger partial charge in [-0.05, 0) is 26.0 Å². The smallest absolute Gasteiger partial charge is 0.424 e. The minimum atomic E-state index is -4.16. The second kappa shape index (κ2) is 5.72. The van der Waals surface area contributed by atoms with E-state index in [1.807, 2.05) is 6.92 Å². The Kier molecular flexibility index (Phi) is 4.17. The molecule has 2 rings (SSSR count). The summed E-state index contributed by atoms with van der Waals surface area (Å²) in [6.07, 6.45) is -1.08. The van der Waals surface area contributed by atoms with E-state index in [1.165, 1.54) is 12.1 Å². The minimum absolute atomic E-state index is 0.0822. The number of hydrogen-bond acceptors (Lipinski definition) is 6. The zero-order valence-electron chi connectivity index (χ0n) is 11.6. The Bertz CT molecular complexity index is 652. The summed E-state index contributed by atoms with van der Waals surface area (Å²) in [6, 6.07) is 4.67. The molecule has 8 heteroatoms. The summed E-state index contributed by atoms with van der Waals surface area (Å²) in [4.78, 5) is 23.4. The van der Waals surface area contributed by atoms with Crippen molar-refractivity contribution in [2.24, 2.45) is 0 Å². The lowest BCUT2D eigenvalue weighted by Crippen LogP contribution is -2.44. The number of cyclic esters (lactones) is 1. The second-order valence-corrected chi connectivity index (χ2v) is 6.27. The maximum Gasteiger partial charge on any atom is 0.424 e. The first-order valence-corrected chi connectivity index (χ1v) is 7.76. The highest BCUT2D eigenvalue weighted by atomic mass is 32.2. The van der Waals surface area contributed by atoms with E-state index in [2.05, 4.69) is 4.74 Å². The molecule has 1 aliphatic heterocycles. The van der Waals surface area contributed by atoms with Crippen LogP contribution in [0.5, 0.6) is 0 Å². The first kappa shape index (κ1) is 15.3. The number of amides is 1. The summed E-state index contributed by atoms with van der Waals surface area (Å²) in [5, 5.41) is 0. The Morgan fingerprint density at radius 3 is 2.57 bits per heavy atom. The molecule has 0 aliphatic carbocycles. The van der Waals surface area contributed by atoms with E-state index in [9.17, 15) is 18.0 Å². The van der Waals surface area contributed by atoms with Gasteiger partial charge in [0.25, 0.3) is 10.0 Å². The van der Waals surface area contributed by atoms with Crippen LogP contribution in [-0.2, 0) is 24.3 Å². The largest absolute Gasteiger partial charge is 0.464 e. The average molecular weight is 313 g/mol. The molecular weight excluding hydrogens is 298 g/mol. The van der Waals surface area contributed by atoms with Crippen molar-refractivity contribution in [2.75, 3.05) is 13.2 Å². The van der Waals surface area contributed by atoms with Crippen molar-refractivity contribution < 1.29 is 27.5 Å². The molecule has 7 nitrogen and oxygen atoms in total. The second-order valence-electron chi connectivity index (χ2n) is 4.46. The van der Waals surface area contributed by atoms with Gasteiger partial charge in [0, 0.05) is 0 Å². The Morgan fingerprint density at radius 1 is 1.38 bits per heavy atom. The summed E-state index contributed by atoms with van der Waals surface area (Å²) < 4.78 is 34.9. The first-order chi connectivity index (χ1) is 9.87. The molecule has 0 spiro atoms. The van der Waals surface area contributed by atoms with Crippen LogP contribution in [0.25, 0.3) is 0 Å². The molecule has 0 N–H and O–H groups in total. The maximum absolute atomic E-state index is 12.5. The van der Waals surface area contributed by atoms with Crippen LogP contribution in [0.3, 0.4) is 0 Å². The number of nitrogens with zero attached hydrogens (tertiary/aromatic N) is 1. The van der Waals surface area contributed by atoms with Crippen LogP contribution in [0.15, 0.2) is 29.2 Å². The van der Waals surface area contributed by atoms with Gasteiger partial charge >= 0.3 is 12.1 Å². The third kappa shape index (κ3) is 2.85. The molecule has 1 heterocycles. The quantitative estimate of drug-likeness (QED) is 0.772. The fraction of sp³-hybridized carbons (Fsp3) is 0.385. The normalized spacial score (nSPS) is 18.5. The molecule has 0 bridgehead atoms. The van der Waals surface area contributed by atoms with Crippen LogP contribution in [-0.4, -0.2) is 44.0 Å². The van der Waals surface area contributed by atoms with E-state index in [1.54, 1.807) is 19.1 Å². The number of hydrogen-bond donors (Lipinski definition) is 0. The van der Waals surface area contributed by atoms with Crippen LogP contribution in [0.4, 0.5) is 4.79 Å². The first-order valence-electron chi connectivity index (χ1n) is 6.32. The zero-order chi connectivity index (χ0) is 15.6. The van der Waals surface area contributed by atoms with Crippen molar-refractivity contribution in [3.05, 3.63) is 29.8 Å². The van der Waals surface area contributed by atoms with Gasteiger partial charge in [-0.3, -0.25) is 0 Å².